The predicted molar refractivity (Wildman–Crippen MR) is 61.2 cm³/mol. The van der Waals surface area contributed by atoms with E-state index in [-0.39, 0.29) is 0 Å². The minimum absolute atomic E-state index is 0.934. The van der Waals surface area contributed by atoms with Crippen molar-refractivity contribution in [3.05, 3.63) is 35.9 Å². The summed E-state index contributed by atoms with van der Waals surface area (Å²) < 4.78 is 0. The maximum absolute atomic E-state index is 2.40. The van der Waals surface area contributed by atoms with E-state index in [0.717, 1.165) is 17.8 Å². The van der Waals surface area contributed by atoms with E-state index >= 15 is 0 Å². The summed E-state index contributed by atoms with van der Waals surface area (Å²) in [5, 5.41) is 0. The van der Waals surface area contributed by atoms with Gasteiger partial charge >= 0.3 is 0 Å². The SMILES string of the molecule is CCC(C)C1CC1Cc1ccccc1. The van der Waals surface area contributed by atoms with Gasteiger partial charge in [0.05, 0.1) is 0 Å². The Bertz CT molecular complexity index is 275. The third kappa shape index (κ3) is 2.17. The molecule has 3 atom stereocenters. The Kier molecular flexibility index (Phi) is 2.90. The third-order valence-electron chi connectivity index (χ3n) is 3.69. The van der Waals surface area contributed by atoms with Gasteiger partial charge in [-0.15, -0.1) is 0 Å². The van der Waals surface area contributed by atoms with Gasteiger partial charge in [0.2, 0.25) is 0 Å². The van der Waals surface area contributed by atoms with Gasteiger partial charge in [-0.05, 0) is 36.2 Å². The lowest BCUT2D eigenvalue weighted by molar-refractivity contribution is 0.459. The zero-order valence-electron chi connectivity index (χ0n) is 9.24. The lowest BCUT2D eigenvalue weighted by Crippen LogP contribution is -1.98. The van der Waals surface area contributed by atoms with Gasteiger partial charge in [0.1, 0.15) is 0 Å². The molecule has 0 aromatic heterocycles. The Morgan fingerprint density at radius 2 is 2.00 bits per heavy atom. The largest absolute Gasteiger partial charge is 0.0651 e. The molecule has 0 nitrogen and oxygen atoms in total. The fourth-order valence-corrected chi connectivity index (χ4v) is 2.42. The van der Waals surface area contributed by atoms with E-state index < -0.39 is 0 Å². The quantitative estimate of drug-likeness (QED) is 0.672. The van der Waals surface area contributed by atoms with E-state index in [2.05, 4.69) is 44.2 Å². The molecule has 0 bridgehead atoms. The van der Waals surface area contributed by atoms with E-state index in [1.807, 2.05) is 0 Å². The van der Waals surface area contributed by atoms with Crippen molar-refractivity contribution in [3.8, 4) is 0 Å². The molecule has 0 aliphatic heterocycles. The zero-order chi connectivity index (χ0) is 9.97. The van der Waals surface area contributed by atoms with Crippen molar-refractivity contribution in [2.24, 2.45) is 17.8 Å². The highest BCUT2D eigenvalue weighted by Gasteiger charge is 2.39. The van der Waals surface area contributed by atoms with Gasteiger partial charge in [-0.2, -0.15) is 0 Å². The first-order chi connectivity index (χ1) is 6.81. The molecule has 76 valence electrons. The Labute approximate surface area is 87.3 Å². The van der Waals surface area contributed by atoms with Crippen molar-refractivity contribution < 1.29 is 0 Å². The molecule has 1 aliphatic rings. The fourth-order valence-electron chi connectivity index (χ4n) is 2.42. The summed E-state index contributed by atoms with van der Waals surface area (Å²) in [6, 6.07) is 10.9. The lowest BCUT2D eigenvalue weighted by atomic mass is 9.99. The van der Waals surface area contributed by atoms with Crippen LogP contribution in [0.2, 0.25) is 0 Å². The van der Waals surface area contributed by atoms with Gasteiger partial charge < -0.3 is 0 Å². The standard InChI is InChI=1S/C14H20/c1-3-11(2)14-10-13(14)9-12-7-5-4-6-8-12/h4-8,11,13-14H,3,9-10H2,1-2H3. The highest BCUT2D eigenvalue weighted by Crippen LogP contribution is 2.47. The minimum Gasteiger partial charge on any atom is -0.0651 e. The second-order valence-electron chi connectivity index (χ2n) is 4.73. The Morgan fingerprint density at radius 3 is 2.64 bits per heavy atom. The van der Waals surface area contributed by atoms with E-state index in [1.54, 1.807) is 0 Å². The van der Waals surface area contributed by atoms with Crippen LogP contribution >= 0.6 is 0 Å². The first-order valence-corrected chi connectivity index (χ1v) is 5.85. The van der Waals surface area contributed by atoms with Crippen LogP contribution in [0, 0.1) is 17.8 Å². The number of hydrogen-bond donors (Lipinski definition) is 0. The zero-order valence-corrected chi connectivity index (χ0v) is 9.24. The molecule has 1 saturated carbocycles. The topological polar surface area (TPSA) is 0 Å². The maximum atomic E-state index is 2.40. The summed E-state index contributed by atoms with van der Waals surface area (Å²) in [6.45, 7) is 4.71. The maximum Gasteiger partial charge on any atom is -0.0248 e. The smallest absolute Gasteiger partial charge is 0.0248 e. The van der Waals surface area contributed by atoms with Gasteiger partial charge in [-0.1, -0.05) is 50.6 Å². The number of rotatable bonds is 4. The van der Waals surface area contributed by atoms with Gasteiger partial charge in [0, 0.05) is 0 Å². The average Bonchev–Trinajstić information content (AvgIpc) is 2.98. The molecule has 1 aromatic carbocycles. The van der Waals surface area contributed by atoms with Crippen LogP contribution in [0.5, 0.6) is 0 Å². The lowest BCUT2D eigenvalue weighted by Gasteiger charge is -2.06. The third-order valence-corrected chi connectivity index (χ3v) is 3.69. The molecule has 0 spiro atoms. The van der Waals surface area contributed by atoms with Crippen LogP contribution in [0.3, 0.4) is 0 Å². The van der Waals surface area contributed by atoms with E-state index in [1.165, 1.54) is 24.8 Å². The minimum atomic E-state index is 0.934. The van der Waals surface area contributed by atoms with E-state index in [0.29, 0.717) is 0 Å². The van der Waals surface area contributed by atoms with E-state index in [4.69, 9.17) is 0 Å². The summed E-state index contributed by atoms with van der Waals surface area (Å²) in [4.78, 5) is 0. The molecule has 1 fully saturated rings. The molecule has 1 aliphatic carbocycles. The molecule has 0 amide bonds. The molecular weight excluding hydrogens is 168 g/mol. The predicted octanol–water partition coefficient (Wildman–Crippen LogP) is 3.91. The monoisotopic (exact) mass is 188 g/mol. The fraction of sp³-hybridized carbons (Fsp3) is 0.571. The van der Waals surface area contributed by atoms with Crippen LogP contribution < -0.4 is 0 Å². The van der Waals surface area contributed by atoms with Crippen molar-refractivity contribution in [3.63, 3.8) is 0 Å². The summed E-state index contributed by atoms with van der Waals surface area (Å²) in [6.07, 6.45) is 4.11. The highest BCUT2D eigenvalue weighted by molar-refractivity contribution is 5.16. The highest BCUT2D eigenvalue weighted by atomic mass is 14.4. The molecule has 1 aromatic rings. The van der Waals surface area contributed by atoms with Crippen LogP contribution in [0.15, 0.2) is 30.3 Å². The van der Waals surface area contributed by atoms with Crippen LogP contribution in [0.25, 0.3) is 0 Å². The molecular formula is C14H20. The molecule has 14 heavy (non-hydrogen) atoms. The summed E-state index contributed by atoms with van der Waals surface area (Å²) in [7, 11) is 0. The first kappa shape index (κ1) is 9.76. The Balaban J connectivity index is 1.85. The summed E-state index contributed by atoms with van der Waals surface area (Å²) >= 11 is 0. The Hall–Kier alpha value is -0.780. The van der Waals surface area contributed by atoms with Crippen LogP contribution in [-0.2, 0) is 6.42 Å². The summed E-state index contributed by atoms with van der Waals surface area (Å²) in [5.74, 6) is 2.93. The van der Waals surface area contributed by atoms with Gasteiger partial charge in [-0.3, -0.25) is 0 Å². The molecule has 0 heterocycles. The summed E-state index contributed by atoms with van der Waals surface area (Å²) in [5.41, 5.74) is 1.52. The molecule has 0 radical (unpaired) electrons. The molecule has 2 rings (SSSR count). The number of benzene rings is 1. The second-order valence-corrected chi connectivity index (χ2v) is 4.73. The van der Waals surface area contributed by atoms with Gasteiger partial charge in [0.15, 0.2) is 0 Å². The van der Waals surface area contributed by atoms with Crippen LogP contribution in [-0.4, -0.2) is 0 Å². The average molecular weight is 188 g/mol. The van der Waals surface area contributed by atoms with Crippen molar-refractivity contribution in [2.75, 3.05) is 0 Å². The van der Waals surface area contributed by atoms with Crippen molar-refractivity contribution in [2.45, 2.75) is 33.1 Å². The van der Waals surface area contributed by atoms with E-state index in [9.17, 15) is 0 Å². The van der Waals surface area contributed by atoms with Crippen molar-refractivity contribution in [1.82, 2.24) is 0 Å². The molecule has 0 N–H and O–H groups in total. The van der Waals surface area contributed by atoms with Crippen molar-refractivity contribution in [1.29, 1.82) is 0 Å². The molecule has 0 heteroatoms. The van der Waals surface area contributed by atoms with Crippen LogP contribution in [0.1, 0.15) is 32.3 Å². The Morgan fingerprint density at radius 1 is 1.29 bits per heavy atom. The van der Waals surface area contributed by atoms with Crippen LogP contribution in [0.4, 0.5) is 0 Å². The van der Waals surface area contributed by atoms with Gasteiger partial charge in [0.25, 0.3) is 0 Å². The molecule has 0 saturated heterocycles. The first-order valence-electron chi connectivity index (χ1n) is 5.85. The second kappa shape index (κ2) is 4.16. The van der Waals surface area contributed by atoms with Gasteiger partial charge in [-0.25, -0.2) is 0 Å². The number of hydrogen-bond acceptors (Lipinski definition) is 0. The normalized spacial score (nSPS) is 27.3. The molecule has 3 unspecified atom stereocenters. The van der Waals surface area contributed by atoms with Crippen molar-refractivity contribution >= 4 is 0 Å².